The van der Waals surface area contributed by atoms with Crippen LogP contribution in [0.2, 0.25) is 10.0 Å². The molecule has 1 amide bonds. The van der Waals surface area contributed by atoms with Gasteiger partial charge in [0.15, 0.2) is 0 Å². The average Bonchev–Trinajstić information content (AvgIpc) is 3.81. The van der Waals surface area contributed by atoms with Gasteiger partial charge in [-0.25, -0.2) is 4.98 Å². The first-order chi connectivity index (χ1) is 27.1. The molecule has 0 spiro atoms. The number of pyridine rings is 1. The summed E-state index contributed by atoms with van der Waals surface area (Å²) in [6.07, 6.45) is 6.62. The van der Waals surface area contributed by atoms with Gasteiger partial charge in [0.25, 0.3) is 0 Å². The molecule has 2 aromatic heterocycles. The van der Waals surface area contributed by atoms with Crippen molar-refractivity contribution in [3.05, 3.63) is 93.6 Å². The molecule has 7 rings (SSSR count). The number of aromatic nitrogens is 3. The first-order valence-electron chi connectivity index (χ1n) is 19.2. The molecule has 3 heterocycles. The molecule has 0 radical (unpaired) electrons. The highest BCUT2D eigenvalue weighted by Crippen LogP contribution is 2.40. The van der Waals surface area contributed by atoms with E-state index in [1.54, 1.807) is 14.2 Å². The standard InChI is InChI=1S/C43H48Cl2N6O5/c1-50(23-26-10-12-27(13-11-26)43(53)54)24-30-18-36(44)29(19-39(30)55-2)25-51-38-9-5-6-32(35(38)22-47-51)33-7-4-8-34(41(33)45)37-16-14-28(42(49-37)56-3)20-46-21-31-15-17-40(52)48-31/h4-9,14,16,18-19,22,26-27,31,46H,10-13,15,17,20-21,23-25H2,1-3H3,(H,48,52)(H,53,54)/t26?,27?,31-/m0/s1. The van der Waals surface area contributed by atoms with E-state index in [4.69, 9.17) is 42.8 Å². The predicted octanol–water partition coefficient (Wildman–Crippen LogP) is 7.83. The molecular weight excluding hydrogens is 751 g/mol. The molecule has 2 fully saturated rings. The van der Waals surface area contributed by atoms with Gasteiger partial charge >= 0.3 is 5.97 Å². The van der Waals surface area contributed by atoms with E-state index in [-0.39, 0.29) is 17.9 Å². The quantitative estimate of drug-likeness (QED) is 0.0971. The molecule has 3 N–H and O–H groups in total. The fourth-order valence-electron chi connectivity index (χ4n) is 8.17. The Hall–Kier alpha value is -4.68. The zero-order chi connectivity index (χ0) is 39.3. The molecule has 1 saturated carbocycles. The van der Waals surface area contributed by atoms with Gasteiger partial charge in [-0.05, 0) is 80.5 Å². The molecular formula is C43H48Cl2N6O5. The summed E-state index contributed by atoms with van der Waals surface area (Å²) in [5.41, 5.74) is 7.04. The van der Waals surface area contributed by atoms with Crippen molar-refractivity contribution >= 4 is 46.0 Å². The number of nitrogens with zero attached hydrogens (tertiary/aromatic N) is 4. The largest absolute Gasteiger partial charge is 0.496 e. The molecule has 1 aliphatic heterocycles. The molecule has 294 valence electrons. The first-order valence-corrected chi connectivity index (χ1v) is 19.9. The zero-order valence-electron chi connectivity index (χ0n) is 32.0. The number of amides is 1. The van der Waals surface area contributed by atoms with Crippen molar-refractivity contribution in [1.29, 1.82) is 0 Å². The summed E-state index contributed by atoms with van der Waals surface area (Å²) in [6.45, 7) is 3.24. The van der Waals surface area contributed by atoms with Crippen LogP contribution in [0.5, 0.6) is 11.6 Å². The second kappa shape index (κ2) is 17.6. The normalized spacial score (nSPS) is 18.4. The molecule has 1 aliphatic carbocycles. The molecule has 3 aromatic carbocycles. The van der Waals surface area contributed by atoms with Gasteiger partial charge in [0.1, 0.15) is 5.75 Å². The molecule has 13 heteroatoms. The highest BCUT2D eigenvalue weighted by molar-refractivity contribution is 6.36. The Morgan fingerprint density at radius 2 is 1.73 bits per heavy atom. The maximum absolute atomic E-state index is 11.6. The van der Waals surface area contributed by atoms with Gasteiger partial charge in [-0.2, -0.15) is 5.10 Å². The number of carboxylic acid groups (broad SMARTS) is 1. The number of ether oxygens (including phenoxy) is 2. The second-order valence-electron chi connectivity index (χ2n) is 15.0. The van der Waals surface area contributed by atoms with E-state index in [0.29, 0.717) is 60.1 Å². The summed E-state index contributed by atoms with van der Waals surface area (Å²) in [5, 5.41) is 22.7. The third kappa shape index (κ3) is 8.81. The van der Waals surface area contributed by atoms with Crippen LogP contribution in [0.15, 0.2) is 66.9 Å². The van der Waals surface area contributed by atoms with Crippen LogP contribution >= 0.6 is 23.2 Å². The smallest absolute Gasteiger partial charge is 0.306 e. The number of carbonyl (C=O) groups excluding carboxylic acids is 1. The third-order valence-electron chi connectivity index (χ3n) is 11.2. The Morgan fingerprint density at radius 3 is 2.46 bits per heavy atom. The third-order valence-corrected chi connectivity index (χ3v) is 11.9. The molecule has 11 nitrogen and oxygen atoms in total. The van der Waals surface area contributed by atoms with E-state index in [1.807, 2.05) is 71.5 Å². The number of methoxy groups -OCH3 is 2. The highest BCUT2D eigenvalue weighted by Gasteiger charge is 2.27. The number of hydrogen-bond donors (Lipinski definition) is 3. The molecule has 1 saturated heterocycles. The first kappa shape index (κ1) is 39.6. The number of nitrogens with one attached hydrogen (secondary N) is 2. The minimum atomic E-state index is -0.675. The fourth-order valence-corrected chi connectivity index (χ4v) is 8.74. The minimum Gasteiger partial charge on any atom is -0.496 e. The van der Waals surface area contributed by atoms with Crippen molar-refractivity contribution in [2.24, 2.45) is 11.8 Å². The van der Waals surface area contributed by atoms with Crippen LogP contribution in [0.25, 0.3) is 33.3 Å². The molecule has 0 unspecified atom stereocenters. The van der Waals surface area contributed by atoms with Gasteiger partial charge in [-0.3, -0.25) is 14.3 Å². The van der Waals surface area contributed by atoms with Crippen molar-refractivity contribution in [3.8, 4) is 34.0 Å². The van der Waals surface area contributed by atoms with Crippen molar-refractivity contribution in [3.63, 3.8) is 0 Å². The Balaban J connectivity index is 1.07. The van der Waals surface area contributed by atoms with Crippen LogP contribution < -0.4 is 20.1 Å². The van der Waals surface area contributed by atoms with E-state index < -0.39 is 5.97 Å². The predicted molar refractivity (Wildman–Crippen MR) is 219 cm³/mol. The average molecular weight is 800 g/mol. The Kier molecular flexibility index (Phi) is 12.5. The number of fused-ring (bicyclic) bond motifs is 1. The van der Waals surface area contributed by atoms with Crippen LogP contribution in [-0.4, -0.2) is 77.0 Å². The van der Waals surface area contributed by atoms with Crippen LogP contribution in [-0.2, 0) is 29.2 Å². The van der Waals surface area contributed by atoms with E-state index in [9.17, 15) is 14.7 Å². The molecule has 5 aromatic rings. The van der Waals surface area contributed by atoms with Crippen molar-refractivity contribution in [2.45, 2.75) is 64.2 Å². The lowest BCUT2D eigenvalue weighted by atomic mass is 9.82. The topological polar surface area (TPSA) is 131 Å². The summed E-state index contributed by atoms with van der Waals surface area (Å²) in [6, 6.07) is 20.1. The van der Waals surface area contributed by atoms with Crippen LogP contribution in [0.3, 0.4) is 0 Å². The lowest BCUT2D eigenvalue weighted by Gasteiger charge is -2.30. The summed E-state index contributed by atoms with van der Waals surface area (Å²) in [5.74, 6) is 0.972. The molecule has 1 atom stereocenters. The number of benzene rings is 3. The Labute approximate surface area is 337 Å². The van der Waals surface area contributed by atoms with Gasteiger partial charge < -0.3 is 30.1 Å². The summed E-state index contributed by atoms with van der Waals surface area (Å²) in [4.78, 5) is 30.0. The van der Waals surface area contributed by atoms with E-state index in [2.05, 4.69) is 22.6 Å². The van der Waals surface area contributed by atoms with Crippen molar-refractivity contribution in [2.75, 3.05) is 34.4 Å². The molecule has 0 bridgehead atoms. The molecule has 2 aliphatic rings. The minimum absolute atomic E-state index is 0.101. The number of rotatable bonds is 15. The fraction of sp³-hybridized carbons (Fsp3) is 0.395. The van der Waals surface area contributed by atoms with Gasteiger partial charge in [0.2, 0.25) is 11.8 Å². The second-order valence-corrected chi connectivity index (χ2v) is 15.8. The number of halogens is 2. The lowest BCUT2D eigenvalue weighted by molar-refractivity contribution is -0.143. The van der Waals surface area contributed by atoms with Gasteiger partial charge in [-0.1, -0.05) is 59.6 Å². The maximum atomic E-state index is 11.6. The number of aliphatic carboxylic acids is 1. The lowest BCUT2D eigenvalue weighted by Crippen LogP contribution is -2.35. The Morgan fingerprint density at radius 1 is 0.964 bits per heavy atom. The van der Waals surface area contributed by atoms with Crippen molar-refractivity contribution < 1.29 is 24.2 Å². The van der Waals surface area contributed by atoms with E-state index in [0.717, 1.165) is 88.7 Å². The highest BCUT2D eigenvalue weighted by atomic mass is 35.5. The monoisotopic (exact) mass is 798 g/mol. The van der Waals surface area contributed by atoms with Crippen LogP contribution in [0.1, 0.15) is 55.2 Å². The van der Waals surface area contributed by atoms with E-state index >= 15 is 0 Å². The summed E-state index contributed by atoms with van der Waals surface area (Å²) < 4.78 is 13.5. The summed E-state index contributed by atoms with van der Waals surface area (Å²) >= 11 is 14.1. The molecule has 56 heavy (non-hydrogen) atoms. The summed E-state index contributed by atoms with van der Waals surface area (Å²) in [7, 11) is 5.37. The number of carboxylic acids is 1. The van der Waals surface area contributed by atoms with Crippen molar-refractivity contribution in [1.82, 2.24) is 30.3 Å². The maximum Gasteiger partial charge on any atom is 0.306 e. The van der Waals surface area contributed by atoms with Crippen LogP contribution in [0, 0.1) is 11.8 Å². The van der Waals surface area contributed by atoms with Gasteiger partial charge in [0, 0.05) is 71.3 Å². The zero-order valence-corrected chi connectivity index (χ0v) is 33.5. The SMILES string of the molecule is COc1cc(Cn2ncc3c(-c4cccc(-c5ccc(CNC[C@@H]6CCC(=O)N6)c(OC)n5)c4Cl)cccc32)c(Cl)cc1CN(C)CC1CCC(C(=O)O)CC1. The van der Waals surface area contributed by atoms with E-state index in [1.165, 1.54) is 0 Å². The Bertz CT molecular complexity index is 2220. The van der Waals surface area contributed by atoms with Gasteiger partial charge in [0.05, 0.1) is 49.1 Å². The number of carbonyl (C=O) groups is 2. The van der Waals surface area contributed by atoms with Gasteiger partial charge in [-0.15, -0.1) is 0 Å². The van der Waals surface area contributed by atoms with Crippen LogP contribution in [0.4, 0.5) is 0 Å². The number of hydrogen-bond acceptors (Lipinski definition) is 8.